The Morgan fingerprint density at radius 2 is 1.80 bits per heavy atom. The molecule has 1 aliphatic rings. The molecule has 1 N–H and O–H groups in total. The molecule has 0 aliphatic carbocycles. The number of anilines is 1. The van der Waals surface area contributed by atoms with E-state index in [1.54, 1.807) is 0 Å². The maximum Gasteiger partial charge on any atom is 0.279 e. The van der Waals surface area contributed by atoms with Crippen molar-refractivity contribution in [2.45, 2.75) is 26.3 Å². The zero-order valence-corrected chi connectivity index (χ0v) is 21.7. The van der Waals surface area contributed by atoms with E-state index in [-0.39, 0.29) is 11.6 Å². The molecule has 1 unspecified atom stereocenters. The molecule has 0 spiro atoms. The van der Waals surface area contributed by atoms with Crippen LogP contribution in [0.1, 0.15) is 35.6 Å². The quantitative estimate of drug-likeness (QED) is 0.385. The number of hydrogen-bond acceptors (Lipinski definition) is 5. The molecule has 1 atom stereocenters. The van der Waals surface area contributed by atoms with Crippen LogP contribution in [0.15, 0.2) is 47.3 Å². The number of halogens is 3. The van der Waals surface area contributed by atoms with E-state index in [0.717, 1.165) is 43.1 Å². The first-order valence-corrected chi connectivity index (χ1v) is 12.6. The van der Waals surface area contributed by atoms with Gasteiger partial charge in [0.15, 0.2) is 5.82 Å². The van der Waals surface area contributed by atoms with Crippen LogP contribution in [-0.4, -0.2) is 50.7 Å². The summed E-state index contributed by atoms with van der Waals surface area (Å²) in [6, 6.07) is 13.2. The van der Waals surface area contributed by atoms with Gasteiger partial charge < -0.3 is 9.88 Å². The lowest BCUT2D eigenvalue weighted by Gasteiger charge is -2.38. The Hall–Kier alpha value is -2.58. The molecule has 1 saturated heterocycles. The SMILES string of the molecule is Cc1[nH]c2nc(C(C)N3CCN(c4ccc(Cl)c(Cl)c4)CC3)nn2c(=O)c1Cc1cccc(Cl)c1. The molecule has 3 heterocycles. The monoisotopic (exact) mass is 530 g/mol. The Balaban J connectivity index is 1.34. The molecule has 0 radical (unpaired) electrons. The second kappa shape index (κ2) is 9.82. The van der Waals surface area contributed by atoms with Crippen LogP contribution in [0.4, 0.5) is 5.69 Å². The summed E-state index contributed by atoms with van der Waals surface area (Å²) in [5.74, 6) is 1.08. The fourth-order valence-electron chi connectivity index (χ4n) is 4.53. The predicted octanol–water partition coefficient (Wildman–Crippen LogP) is 5.16. The molecule has 4 aromatic rings. The summed E-state index contributed by atoms with van der Waals surface area (Å²) >= 11 is 18.4. The highest BCUT2D eigenvalue weighted by Gasteiger charge is 2.26. The van der Waals surface area contributed by atoms with Gasteiger partial charge in [0.25, 0.3) is 5.56 Å². The van der Waals surface area contributed by atoms with Crippen molar-refractivity contribution in [2.24, 2.45) is 0 Å². The number of rotatable bonds is 5. The first-order chi connectivity index (χ1) is 16.8. The number of benzene rings is 2. The van der Waals surface area contributed by atoms with Gasteiger partial charge in [-0.2, -0.15) is 9.50 Å². The van der Waals surface area contributed by atoms with Crippen LogP contribution in [-0.2, 0) is 6.42 Å². The van der Waals surface area contributed by atoms with E-state index >= 15 is 0 Å². The molecular formula is C25H25Cl3N6O. The van der Waals surface area contributed by atoms with Crippen molar-refractivity contribution in [3.63, 3.8) is 0 Å². The Kier molecular flexibility index (Phi) is 6.77. The fourth-order valence-corrected chi connectivity index (χ4v) is 5.04. The van der Waals surface area contributed by atoms with Crippen molar-refractivity contribution in [1.82, 2.24) is 24.5 Å². The van der Waals surface area contributed by atoms with Crippen molar-refractivity contribution >= 4 is 46.3 Å². The van der Waals surface area contributed by atoms with Crippen LogP contribution < -0.4 is 10.5 Å². The minimum Gasteiger partial charge on any atom is -0.369 e. The predicted molar refractivity (Wildman–Crippen MR) is 141 cm³/mol. The number of aromatic amines is 1. The Bertz CT molecular complexity index is 1440. The van der Waals surface area contributed by atoms with Crippen LogP contribution >= 0.6 is 34.8 Å². The average Bonchev–Trinajstić information content (AvgIpc) is 3.27. The lowest BCUT2D eigenvalue weighted by Crippen LogP contribution is -2.47. The lowest BCUT2D eigenvalue weighted by atomic mass is 10.1. The van der Waals surface area contributed by atoms with Crippen molar-refractivity contribution in [3.8, 4) is 0 Å². The van der Waals surface area contributed by atoms with Gasteiger partial charge in [0, 0.05) is 54.6 Å². The molecule has 10 heteroatoms. The summed E-state index contributed by atoms with van der Waals surface area (Å²) in [6.07, 6.45) is 0.471. The first kappa shape index (κ1) is 24.1. The summed E-state index contributed by atoms with van der Waals surface area (Å²) in [5, 5.41) is 6.36. The minimum absolute atomic E-state index is 0.0321. The molecule has 182 valence electrons. The van der Waals surface area contributed by atoms with E-state index in [1.807, 2.05) is 49.4 Å². The Morgan fingerprint density at radius 3 is 2.51 bits per heavy atom. The van der Waals surface area contributed by atoms with Crippen molar-refractivity contribution in [2.75, 3.05) is 31.1 Å². The molecular weight excluding hydrogens is 507 g/mol. The van der Waals surface area contributed by atoms with E-state index in [1.165, 1.54) is 4.52 Å². The average molecular weight is 532 g/mol. The Morgan fingerprint density at radius 1 is 1.03 bits per heavy atom. The number of nitrogens with one attached hydrogen (secondary N) is 1. The van der Waals surface area contributed by atoms with Crippen LogP contribution in [0, 0.1) is 6.92 Å². The lowest BCUT2D eigenvalue weighted by molar-refractivity contribution is 0.192. The van der Waals surface area contributed by atoms with Crippen LogP contribution in [0.5, 0.6) is 0 Å². The molecule has 0 bridgehead atoms. The normalized spacial score (nSPS) is 15.6. The van der Waals surface area contributed by atoms with Gasteiger partial charge in [0.05, 0.1) is 16.1 Å². The topological polar surface area (TPSA) is 69.5 Å². The van der Waals surface area contributed by atoms with Crippen molar-refractivity contribution in [1.29, 1.82) is 0 Å². The third-order valence-electron chi connectivity index (χ3n) is 6.60. The van der Waals surface area contributed by atoms with Crippen LogP contribution in [0.2, 0.25) is 15.1 Å². The number of aryl methyl sites for hydroxylation is 1. The maximum atomic E-state index is 13.3. The highest BCUT2D eigenvalue weighted by molar-refractivity contribution is 6.42. The van der Waals surface area contributed by atoms with E-state index in [9.17, 15) is 4.79 Å². The number of piperazine rings is 1. The standard InChI is InChI=1S/C25H25Cl3N6O/c1-15-20(13-17-4-3-5-18(26)12-17)24(35)34-25(29-15)30-23(31-34)16(2)32-8-10-33(11-9-32)19-6-7-21(27)22(28)14-19/h3-7,12,14,16H,8-11,13H2,1-2H3,(H,29,30,31). The number of hydrogen-bond donors (Lipinski definition) is 1. The Labute approximate surface area is 218 Å². The summed E-state index contributed by atoms with van der Waals surface area (Å²) in [7, 11) is 0. The third-order valence-corrected chi connectivity index (χ3v) is 7.57. The van der Waals surface area contributed by atoms with Crippen molar-refractivity contribution < 1.29 is 0 Å². The molecule has 2 aromatic carbocycles. The number of nitrogens with zero attached hydrogens (tertiary/aromatic N) is 5. The third kappa shape index (κ3) is 4.91. The zero-order valence-electron chi connectivity index (χ0n) is 19.4. The van der Waals surface area contributed by atoms with Gasteiger partial charge in [-0.3, -0.25) is 9.69 Å². The summed E-state index contributed by atoms with van der Waals surface area (Å²) in [5.41, 5.74) is 3.31. The molecule has 1 aliphatic heterocycles. The van der Waals surface area contributed by atoms with E-state index in [2.05, 4.69) is 31.8 Å². The number of H-pyrrole nitrogens is 1. The first-order valence-electron chi connectivity index (χ1n) is 11.5. The molecule has 5 rings (SSSR count). The zero-order chi connectivity index (χ0) is 24.7. The highest BCUT2D eigenvalue weighted by Crippen LogP contribution is 2.29. The van der Waals surface area contributed by atoms with Gasteiger partial charge in [0.1, 0.15) is 0 Å². The molecule has 0 saturated carbocycles. The molecule has 1 fully saturated rings. The van der Waals surface area contributed by atoms with Gasteiger partial charge in [0.2, 0.25) is 5.78 Å². The minimum atomic E-state index is -0.161. The molecule has 7 nitrogen and oxygen atoms in total. The maximum absolute atomic E-state index is 13.3. The van der Waals surface area contributed by atoms with Crippen molar-refractivity contribution in [3.05, 3.63) is 90.5 Å². The van der Waals surface area contributed by atoms with E-state index in [4.69, 9.17) is 34.8 Å². The summed E-state index contributed by atoms with van der Waals surface area (Å²) < 4.78 is 1.38. The van der Waals surface area contributed by atoms with Gasteiger partial charge >= 0.3 is 0 Å². The van der Waals surface area contributed by atoms with E-state index in [0.29, 0.717) is 38.7 Å². The molecule has 35 heavy (non-hydrogen) atoms. The molecule has 0 amide bonds. The second-order valence-electron chi connectivity index (χ2n) is 8.84. The smallest absolute Gasteiger partial charge is 0.279 e. The summed E-state index contributed by atoms with van der Waals surface area (Å²) in [4.78, 5) is 25.8. The summed E-state index contributed by atoms with van der Waals surface area (Å²) in [6.45, 7) is 7.33. The van der Waals surface area contributed by atoms with Gasteiger partial charge in [-0.1, -0.05) is 46.9 Å². The van der Waals surface area contributed by atoms with E-state index < -0.39 is 0 Å². The fraction of sp³-hybridized carbons (Fsp3) is 0.320. The molecule has 2 aromatic heterocycles. The van der Waals surface area contributed by atoms with Crippen LogP contribution in [0.25, 0.3) is 5.78 Å². The number of aromatic nitrogens is 4. The highest BCUT2D eigenvalue weighted by atomic mass is 35.5. The van der Waals surface area contributed by atoms with Crippen LogP contribution in [0.3, 0.4) is 0 Å². The largest absolute Gasteiger partial charge is 0.369 e. The second-order valence-corrected chi connectivity index (χ2v) is 10.1. The van der Waals surface area contributed by atoms with Gasteiger partial charge in [-0.25, -0.2) is 0 Å². The number of fused-ring (bicyclic) bond motifs is 1. The van der Waals surface area contributed by atoms with Gasteiger partial charge in [-0.15, -0.1) is 5.10 Å². The van der Waals surface area contributed by atoms with Gasteiger partial charge in [-0.05, 0) is 49.7 Å².